The molecule has 0 radical (unpaired) electrons. The van der Waals surface area contributed by atoms with Gasteiger partial charge >= 0.3 is 0 Å². The van der Waals surface area contributed by atoms with Crippen molar-refractivity contribution >= 4 is 29.9 Å². The second-order valence-electron chi connectivity index (χ2n) is 9.01. The normalized spacial score (nSPS) is 20.1. The molecule has 2 heterocycles. The molecule has 172 valence electrons. The standard InChI is InChI=1S/C22H40N6O.HI/c1-18(2)20-19(16-27(5)25-20)15-26(4)21(23-3)24-17-22(9-7-6-8-10-22)28-11-13-29-14-12-28;/h16,18H,6-15,17H2,1-5H3,(H,23,24);1H. The first-order valence-electron chi connectivity index (χ1n) is 11.2. The molecule has 0 unspecified atom stereocenters. The topological polar surface area (TPSA) is 57.9 Å². The molecule has 1 N–H and O–H groups in total. The maximum atomic E-state index is 5.62. The second kappa shape index (κ2) is 11.7. The van der Waals surface area contributed by atoms with Crippen LogP contribution in [0.25, 0.3) is 0 Å². The first kappa shape index (κ1) is 25.4. The highest BCUT2D eigenvalue weighted by Gasteiger charge is 2.38. The monoisotopic (exact) mass is 532 g/mol. The summed E-state index contributed by atoms with van der Waals surface area (Å²) >= 11 is 0. The van der Waals surface area contributed by atoms with Gasteiger partial charge in [0.2, 0.25) is 0 Å². The molecule has 0 bridgehead atoms. The van der Waals surface area contributed by atoms with E-state index in [9.17, 15) is 0 Å². The van der Waals surface area contributed by atoms with Crippen LogP contribution in [0.2, 0.25) is 0 Å². The molecule has 0 atom stereocenters. The Labute approximate surface area is 199 Å². The van der Waals surface area contributed by atoms with Gasteiger partial charge in [0.15, 0.2) is 5.96 Å². The fourth-order valence-electron chi connectivity index (χ4n) is 4.97. The van der Waals surface area contributed by atoms with Crippen LogP contribution in [0.5, 0.6) is 0 Å². The largest absolute Gasteiger partial charge is 0.379 e. The SMILES string of the molecule is CN=C(NCC1(N2CCOCC2)CCCCC1)N(C)Cc1cn(C)nc1C(C)C.I. The predicted molar refractivity (Wildman–Crippen MR) is 134 cm³/mol. The van der Waals surface area contributed by atoms with E-state index in [0.29, 0.717) is 5.92 Å². The van der Waals surface area contributed by atoms with Crippen molar-refractivity contribution in [2.45, 2.75) is 64.0 Å². The highest BCUT2D eigenvalue weighted by atomic mass is 127. The van der Waals surface area contributed by atoms with Gasteiger partial charge in [0.25, 0.3) is 0 Å². The third-order valence-corrected chi connectivity index (χ3v) is 6.51. The van der Waals surface area contributed by atoms with Crippen LogP contribution in [-0.4, -0.2) is 78.0 Å². The van der Waals surface area contributed by atoms with Crippen LogP contribution in [0.4, 0.5) is 0 Å². The zero-order chi connectivity index (χ0) is 20.9. The lowest BCUT2D eigenvalue weighted by atomic mass is 9.80. The molecular weight excluding hydrogens is 491 g/mol. The molecular formula is C22H41IN6O. The van der Waals surface area contributed by atoms with E-state index in [-0.39, 0.29) is 29.5 Å². The Kier molecular flexibility index (Phi) is 9.87. The van der Waals surface area contributed by atoms with E-state index in [1.54, 1.807) is 0 Å². The molecule has 3 rings (SSSR count). The summed E-state index contributed by atoms with van der Waals surface area (Å²) in [5.74, 6) is 1.38. The van der Waals surface area contributed by atoms with Crippen molar-refractivity contribution < 1.29 is 4.74 Å². The molecule has 0 amide bonds. The highest BCUT2D eigenvalue weighted by molar-refractivity contribution is 14.0. The second-order valence-corrected chi connectivity index (χ2v) is 9.01. The molecule has 2 aliphatic rings. The summed E-state index contributed by atoms with van der Waals surface area (Å²) in [7, 11) is 6.00. The molecule has 1 saturated heterocycles. The predicted octanol–water partition coefficient (Wildman–Crippen LogP) is 3.20. The van der Waals surface area contributed by atoms with E-state index < -0.39 is 0 Å². The fraction of sp³-hybridized carbons (Fsp3) is 0.818. The third-order valence-electron chi connectivity index (χ3n) is 6.51. The van der Waals surface area contributed by atoms with Gasteiger partial charge in [-0.15, -0.1) is 24.0 Å². The zero-order valence-electron chi connectivity index (χ0n) is 19.5. The number of aromatic nitrogens is 2. The van der Waals surface area contributed by atoms with E-state index >= 15 is 0 Å². The molecule has 0 spiro atoms. The summed E-state index contributed by atoms with van der Waals surface area (Å²) in [6, 6.07) is 0. The molecule has 7 nitrogen and oxygen atoms in total. The van der Waals surface area contributed by atoms with Crippen LogP contribution in [0.3, 0.4) is 0 Å². The van der Waals surface area contributed by atoms with Crippen LogP contribution in [0, 0.1) is 0 Å². The molecule has 8 heteroatoms. The first-order valence-corrected chi connectivity index (χ1v) is 11.2. The van der Waals surface area contributed by atoms with Crippen LogP contribution >= 0.6 is 24.0 Å². The average Bonchev–Trinajstić information content (AvgIpc) is 3.10. The Hall–Kier alpha value is -0.870. The zero-order valence-corrected chi connectivity index (χ0v) is 21.8. The van der Waals surface area contributed by atoms with Crippen molar-refractivity contribution in [3.63, 3.8) is 0 Å². The van der Waals surface area contributed by atoms with E-state index in [1.165, 1.54) is 43.4 Å². The van der Waals surface area contributed by atoms with Gasteiger partial charge in [-0.2, -0.15) is 5.10 Å². The summed E-state index contributed by atoms with van der Waals surface area (Å²) < 4.78 is 7.54. The van der Waals surface area contributed by atoms with Crippen molar-refractivity contribution in [3.8, 4) is 0 Å². The minimum atomic E-state index is 0. The highest BCUT2D eigenvalue weighted by Crippen LogP contribution is 2.34. The molecule has 2 fully saturated rings. The van der Waals surface area contributed by atoms with Gasteiger partial charge in [-0.25, -0.2) is 0 Å². The number of aryl methyl sites for hydroxylation is 1. The van der Waals surface area contributed by atoms with Crippen molar-refractivity contribution in [3.05, 3.63) is 17.5 Å². The Morgan fingerprint density at radius 1 is 1.27 bits per heavy atom. The van der Waals surface area contributed by atoms with Gasteiger partial charge in [-0.05, 0) is 18.8 Å². The molecule has 1 aliphatic heterocycles. The van der Waals surface area contributed by atoms with Crippen molar-refractivity contribution in [1.29, 1.82) is 0 Å². The van der Waals surface area contributed by atoms with Crippen LogP contribution in [-0.2, 0) is 18.3 Å². The van der Waals surface area contributed by atoms with E-state index in [4.69, 9.17) is 4.74 Å². The first-order chi connectivity index (χ1) is 13.9. The van der Waals surface area contributed by atoms with E-state index in [0.717, 1.165) is 45.4 Å². The number of nitrogens with zero attached hydrogens (tertiary/aromatic N) is 5. The smallest absolute Gasteiger partial charge is 0.193 e. The summed E-state index contributed by atoms with van der Waals surface area (Å²) in [6.45, 7) is 9.97. The lowest BCUT2D eigenvalue weighted by molar-refractivity contribution is -0.0354. The molecule has 1 aromatic rings. The number of ether oxygens (including phenoxy) is 1. The maximum absolute atomic E-state index is 5.62. The number of aliphatic imine (C=N–C) groups is 1. The summed E-state index contributed by atoms with van der Waals surface area (Å²) in [6.07, 6.45) is 8.67. The molecule has 0 aromatic carbocycles. The van der Waals surface area contributed by atoms with Gasteiger partial charge < -0.3 is 15.0 Å². The summed E-state index contributed by atoms with van der Waals surface area (Å²) in [4.78, 5) is 9.48. The lowest BCUT2D eigenvalue weighted by Crippen LogP contribution is -2.60. The minimum absolute atomic E-state index is 0. The lowest BCUT2D eigenvalue weighted by Gasteiger charge is -2.48. The number of hydrogen-bond acceptors (Lipinski definition) is 4. The van der Waals surface area contributed by atoms with Crippen molar-refractivity contribution in [1.82, 2.24) is 24.9 Å². The Bertz CT molecular complexity index is 677. The van der Waals surface area contributed by atoms with E-state index in [1.807, 2.05) is 18.8 Å². The van der Waals surface area contributed by atoms with Crippen LogP contribution in [0.1, 0.15) is 63.1 Å². The Morgan fingerprint density at radius 2 is 1.93 bits per heavy atom. The number of morpholine rings is 1. The maximum Gasteiger partial charge on any atom is 0.193 e. The van der Waals surface area contributed by atoms with Crippen LogP contribution < -0.4 is 5.32 Å². The number of rotatable bonds is 6. The summed E-state index contributed by atoms with van der Waals surface area (Å²) in [5.41, 5.74) is 2.68. The van der Waals surface area contributed by atoms with Gasteiger partial charge in [-0.3, -0.25) is 14.6 Å². The molecule has 1 aliphatic carbocycles. The Balaban J connectivity index is 0.00000320. The van der Waals surface area contributed by atoms with Gasteiger partial charge in [0.05, 0.1) is 18.9 Å². The minimum Gasteiger partial charge on any atom is -0.379 e. The van der Waals surface area contributed by atoms with Crippen LogP contribution in [0.15, 0.2) is 11.2 Å². The van der Waals surface area contributed by atoms with Gasteiger partial charge in [0, 0.05) is 64.6 Å². The van der Waals surface area contributed by atoms with Crippen molar-refractivity contribution in [2.24, 2.45) is 12.0 Å². The van der Waals surface area contributed by atoms with E-state index in [2.05, 4.69) is 52.3 Å². The number of guanidine groups is 1. The average molecular weight is 533 g/mol. The third kappa shape index (κ3) is 6.09. The molecule has 1 saturated carbocycles. The number of halogens is 1. The van der Waals surface area contributed by atoms with Crippen molar-refractivity contribution in [2.75, 3.05) is 46.9 Å². The van der Waals surface area contributed by atoms with Gasteiger partial charge in [-0.1, -0.05) is 33.1 Å². The van der Waals surface area contributed by atoms with Gasteiger partial charge in [0.1, 0.15) is 0 Å². The molecule has 1 aromatic heterocycles. The summed E-state index contributed by atoms with van der Waals surface area (Å²) in [5, 5.41) is 8.37. The quantitative estimate of drug-likeness (QED) is 0.347. The Morgan fingerprint density at radius 3 is 2.53 bits per heavy atom. The molecule has 30 heavy (non-hydrogen) atoms. The number of hydrogen-bond donors (Lipinski definition) is 1. The number of nitrogens with one attached hydrogen (secondary N) is 1. The fourth-order valence-corrected chi connectivity index (χ4v) is 4.97.